The monoisotopic (exact) mass is 348 g/mol. The van der Waals surface area contributed by atoms with E-state index in [1.54, 1.807) is 19.1 Å². The van der Waals surface area contributed by atoms with Gasteiger partial charge in [0.2, 0.25) is 0 Å². The van der Waals surface area contributed by atoms with Crippen LogP contribution < -0.4 is 5.32 Å². The Balaban J connectivity index is 1.63. The quantitative estimate of drug-likeness (QED) is 0.903. The smallest absolute Gasteiger partial charge is 0.287 e. The number of benzene rings is 1. The number of para-hydroxylation sites is 1. The SMILES string of the molecule is Cc1c(C(=O)NC[C@H]2CN(CC(C)C)CCO2)oc2c(F)cccc12. The van der Waals surface area contributed by atoms with Crippen molar-refractivity contribution in [2.75, 3.05) is 32.8 Å². The average Bonchev–Trinajstić information content (AvgIpc) is 2.91. The van der Waals surface area contributed by atoms with Gasteiger partial charge in [-0.05, 0) is 18.9 Å². The highest BCUT2D eigenvalue weighted by Gasteiger charge is 2.24. The van der Waals surface area contributed by atoms with Crippen molar-refractivity contribution in [3.8, 4) is 0 Å². The molecule has 1 aliphatic rings. The van der Waals surface area contributed by atoms with E-state index in [9.17, 15) is 9.18 Å². The maximum atomic E-state index is 13.8. The summed E-state index contributed by atoms with van der Waals surface area (Å²) in [5, 5.41) is 3.48. The number of hydrogen-bond acceptors (Lipinski definition) is 4. The van der Waals surface area contributed by atoms with Gasteiger partial charge in [0.05, 0.1) is 12.7 Å². The minimum Gasteiger partial charge on any atom is -0.448 e. The molecular weight excluding hydrogens is 323 g/mol. The number of carbonyl (C=O) groups excluding carboxylic acids is 1. The van der Waals surface area contributed by atoms with Crippen LogP contribution in [0.25, 0.3) is 11.0 Å². The van der Waals surface area contributed by atoms with Gasteiger partial charge in [-0.3, -0.25) is 9.69 Å². The molecule has 136 valence electrons. The molecule has 6 heteroatoms. The Kier molecular flexibility index (Phi) is 5.39. The normalized spacial score (nSPS) is 18.8. The number of nitrogens with one attached hydrogen (secondary N) is 1. The molecular formula is C19H25FN2O3. The summed E-state index contributed by atoms with van der Waals surface area (Å²) < 4.78 is 25.0. The van der Waals surface area contributed by atoms with Gasteiger partial charge in [-0.2, -0.15) is 0 Å². The summed E-state index contributed by atoms with van der Waals surface area (Å²) in [6, 6.07) is 4.69. The lowest BCUT2D eigenvalue weighted by molar-refractivity contribution is -0.0296. The van der Waals surface area contributed by atoms with E-state index in [2.05, 4.69) is 24.1 Å². The zero-order chi connectivity index (χ0) is 18.0. The second kappa shape index (κ2) is 7.54. The first-order valence-electron chi connectivity index (χ1n) is 8.75. The Labute approximate surface area is 147 Å². The Morgan fingerprint density at radius 1 is 1.44 bits per heavy atom. The van der Waals surface area contributed by atoms with Gasteiger partial charge in [-0.15, -0.1) is 0 Å². The Morgan fingerprint density at radius 3 is 2.96 bits per heavy atom. The van der Waals surface area contributed by atoms with Gasteiger partial charge in [-0.25, -0.2) is 4.39 Å². The third kappa shape index (κ3) is 4.02. The average molecular weight is 348 g/mol. The van der Waals surface area contributed by atoms with Crippen LogP contribution in [-0.2, 0) is 4.74 Å². The molecule has 1 atom stereocenters. The fraction of sp³-hybridized carbons (Fsp3) is 0.526. The van der Waals surface area contributed by atoms with E-state index in [4.69, 9.17) is 9.15 Å². The molecule has 1 fully saturated rings. The second-order valence-electron chi connectivity index (χ2n) is 7.03. The third-order valence-electron chi connectivity index (χ3n) is 4.46. The summed E-state index contributed by atoms with van der Waals surface area (Å²) in [5.74, 6) is -0.0337. The molecule has 0 saturated carbocycles. The molecule has 1 amide bonds. The van der Waals surface area contributed by atoms with E-state index < -0.39 is 5.82 Å². The lowest BCUT2D eigenvalue weighted by Gasteiger charge is -2.33. The van der Waals surface area contributed by atoms with Crippen molar-refractivity contribution >= 4 is 16.9 Å². The van der Waals surface area contributed by atoms with Crippen LogP contribution >= 0.6 is 0 Å². The molecule has 25 heavy (non-hydrogen) atoms. The molecule has 2 aromatic rings. The van der Waals surface area contributed by atoms with Gasteiger partial charge in [0, 0.05) is 37.1 Å². The van der Waals surface area contributed by atoms with Crippen LogP contribution in [0.5, 0.6) is 0 Å². The van der Waals surface area contributed by atoms with E-state index in [-0.39, 0.29) is 23.4 Å². The van der Waals surface area contributed by atoms with E-state index in [0.717, 1.165) is 19.6 Å². The van der Waals surface area contributed by atoms with Gasteiger partial charge in [-0.1, -0.05) is 26.0 Å². The zero-order valence-electron chi connectivity index (χ0n) is 15.0. The lowest BCUT2D eigenvalue weighted by Crippen LogP contribution is -2.48. The summed E-state index contributed by atoms with van der Waals surface area (Å²) in [4.78, 5) is 14.8. The van der Waals surface area contributed by atoms with E-state index in [1.807, 2.05) is 0 Å². The van der Waals surface area contributed by atoms with Crippen LogP contribution in [0.2, 0.25) is 0 Å². The Morgan fingerprint density at radius 2 is 2.24 bits per heavy atom. The maximum absolute atomic E-state index is 13.8. The highest BCUT2D eigenvalue weighted by molar-refractivity contribution is 5.99. The van der Waals surface area contributed by atoms with Crippen molar-refractivity contribution < 1.29 is 18.3 Å². The summed E-state index contributed by atoms with van der Waals surface area (Å²) in [5.41, 5.74) is 0.778. The first kappa shape index (κ1) is 17.9. The van der Waals surface area contributed by atoms with Gasteiger partial charge in [0.1, 0.15) is 0 Å². The molecule has 0 bridgehead atoms. The van der Waals surface area contributed by atoms with Crippen molar-refractivity contribution in [1.82, 2.24) is 10.2 Å². The molecule has 2 heterocycles. The van der Waals surface area contributed by atoms with Gasteiger partial charge in [0.25, 0.3) is 5.91 Å². The number of rotatable bonds is 5. The largest absolute Gasteiger partial charge is 0.448 e. The Bertz CT molecular complexity index is 756. The number of halogens is 1. The highest BCUT2D eigenvalue weighted by atomic mass is 19.1. The van der Waals surface area contributed by atoms with Crippen LogP contribution in [0.15, 0.2) is 22.6 Å². The minimum atomic E-state index is -0.459. The van der Waals surface area contributed by atoms with Crippen molar-refractivity contribution in [2.24, 2.45) is 5.92 Å². The number of furan rings is 1. The van der Waals surface area contributed by atoms with Crippen LogP contribution in [0.1, 0.15) is 30.0 Å². The van der Waals surface area contributed by atoms with Crippen LogP contribution in [0.4, 0.5) is 4.39 Å². The first-order chi connectivity index (χ1) is 12.0. The van der Waals surface area contributed by atoms with E-state index in [0.29, 0.717) is 30.0 Å². The fourth-order valence-corrected chi connectivity index (χ4v) is 3.30. The molecule has 1 aromatic carbocycles. The van der Waals surface area contributed by atoms with Crippen molar-refractivity contribution in [3.05, 3.63) is 35.3 Å². The van der Waals surface area contributed by atoms with Crippen molar-refractivity contribution in [3.63, 3.8) is 0 Å². The third-order valence-corrected chi connectivity index (χ3v) is 4.46. The number of carbonyl (C=O) groups is 1. The predicted molar refractivity (Wildman–Crippen MR) is 94.3 cm³/mol. The van der Waals surface area contributed by atoms with Gasteiger partial charge < -0.3 is 14.5 Å². The fourth-order valence-electron chi connectivity index (χ4n) is 3.30. The van der Waals surface area contributed by atoms with Crippen LogP contribution in [0.3, 0.4) is 0 Å². The van der Waals surface area contributed by atoms with Gasteiger partial charge >= 0.3 is 0 Å². The molecule has 3 rings (SSSR count). The molecule has 0 aliphatic carbocycles. The summed E-state index contributed by atoms with van der Waals surface area (Å²) in [7, 11) is 0. The zero-order valence-corrected chi connectivity index (χ0v) is 15.0. The topological polar surface area (TPSA) is 54.7 Å². The molecule has 0 unspecified atom stereocenters. The number of amides is 1. The molecule has 1 saturated heterocycles. The number of morpholine rings is 1. The van der Waals surface area contributed by atoms with Crippen LogP contribution in [0, 0.1) is 18.7 Å². The maximum Gasteiger partial charge on any atom is 0.287 e. The summed E-state index contributed by atoms with van der Waals surface area (Å²) in [6.07, 6.45) is -0.0436. The van der Waals surface area contributed by atoms with Crippen molar-refractivity contribution in [2.45, 2.75) is 26.9 Å². The number of hydrogen-bond donors (Lipinski definition) is 1. The molecule has 0 radical (unpaired) electrons. The second-order valence-corrected chi connectivity index (χ2v) is 7.03. The highest BCUT2D eigenvalue weighted by Crippen LogP contribution is 2.27. The lowest BCUT2D eigenvalue weighted by atomic mass is 10.1. The molecule has 5 nitrogen and oxygen atoms in total. The van der Waals surface area contributed by atoms with Gasteiger partial charge in [0.15, 0.2) is 17.2 Å². The van der Waals surface area contributed by atoms with Crippen LogP contribution in [-0.4, -0.2) is 49.7 Å². The number of fused-ring (bicyclic) bond motifs is 1. The summed E-state index contributed by atoms with van der Waals surface area (Å²) in [6.45, 7) is 9.97. The number of nitrogens with zero attached hydrogens (tertiary/aromatic N) is 1. The standard InChI is InChI=1S/C19H25FN2O3/c1-12(2)10-22-7-8-24-14(11-22)9-21-19(23)17-13(3)15-5-4-6-16(20)18(15)25-17/h4-6,12,14H,7-11H2,1-3H3,(H,21,23)/t14-/m0/s1. The summed E-state index contributed by atoms with van der Waals surface area (Å²) >= 11 is 0. The number of aryl methyl sites for hydroxylation is 1. The molecule has 1 aromatic heterocycles. The Hall–Kier alpha value is -1.92. The molecule has 1 N–H and O–H groups in total. The first-order valence-corrected chi connectivity index (χ1v) is 8.75. The minimum absolute atomic E-state index is 0.0436. The van der Waals surface area contributed by atoms with Crippen molar-refractivity contribution in [1.29, 1.82) is 0 Å². The molecule has 0 spiro atoms. The van der Waals surface area contributed by atoms with E-state index in [1.165, 1.54) is 6.07 Å². The number of ether oxygens (including phenoxy) is 1. The molecule has 1 aliphatic heterocycles. The predicted octanol–water partition coefficient (Wildman–Crippen LogP) is 2.97. The van der Waals surface area contributed by atoms with E-state index >= 15 is 0 Å².